The molecular formula is C25H22N4O11S2. The second-order valence-electron chi connectivity index (χ2n) is 8.87. The fourth-order valence-electron chi connectivity index (χ4n) is 4.30. The predicted octanol–water partition coefficient (Wildman–Crippen LogP) is 0.857. The van der Waals surface area contributed by atoms with Crippen LogP contribution in [-0.2, 0) is 44.8 Å². The van der Waals surface area contributed by atoms with Crippen LogP contribution in [0.4, 0.5) is 5.69 Å². The molecule has 0 spiro atoms. The van der Waals surface area contributed by atoms with Gasteiger partial charge in [0.25, 0.3) is 11.6 Å². The van der Waals surface area contributed by atoms with E-state index in [2.05, 4.69) is 10.6 Å². The van der Waals surface area contributed by atoms with E-state index < -0.39 is 63.9 Å². The monoisotopic (exact) mass is 618 g/mol. The average molecular weight is 619 g/mol. The number of carbonyl (C=O) groups excluding carboxylic acids is 5. The molecule has 2 aromatic rings. The van der Waals surface area contributed by atoms with Gasteiger partial charge < -0.3 is 25.2 Å². The van der Waals surface area contributed by atoms with Crippen LogP contribution in [0.25, 0.3) is 0 Å². The van der Waals surface area contributed by atoms with Crippen LogP contribution in [0.3, 0.4) is 0 Å². The van der Waals surface area contributed by atoms with Crippen molar-refractivity contribution in [3.8, 4) is 0 Å². The molecule has 0 bridgehead atoms. The largest absolute Gasteiger partial charge is 0.477 e. The number of thiophene rings is 1. The van der Waals surface area contributed by atoms with Gasteiger partial charge in [-0.2, -0.15) is 11.3 Å². The summed E-state index contributed by atoms with van der Waals surface area (Å²) in [5, 5.41) is 27.8. The lowest BCUT2D eigenvalue weighted by molar-refractivity contribution is -0.384. The number of carbonyl (C=O) groups is 6. The quantitative estimate of drug-likeness (QED) is 0.0575. The number of β-lactam (4-membered cyclic amide) rings is 1. The maximum atomic E-state index is 13.3. The smallest absolute Gasteiger partial charge is 0.352 e. The molecule has 2 aliphatic heterocycles. The summed E-state index contributed by atoms with van der Waals surface area (Å²) in [4.78, 5) is 85.3. The third-order valence-corrected chi connectivity index (χ3v) is 8.22. The van der Waals surface area contributed by atoms with E-state index in [1.165, 1.54) is 35.6 Å². The van der Waals surface area contributed by atoms with Gasteiger partial charge in [-0.3, -0.25) is 39.0 Å². The summed E-state index contributed by atoms with van der Waals surface area (Å²) in [7, 11) is 0. The van der Waals surface area contributed by atoms with Crippen molar-refractivity contribution in [2.45, 2.75) is 37.1 Å². The second kappa shape index (κ2) is 12.8. The van der Waals surface area contributed by atoms with Gasteiger partial charge in [0.1, 0.15) is 23.7 Å². The van der Waals surface area contributed by atoms with Gasteiger partial charge in [0.05, 0.1) is 4.92 Å². The Morgan fingerprint density at radius 3 is 2.52 bits per heavy atom. The van der Waals surface area contributed by atoms with Gasteiger partial charge in [0, 0.05) is 30.4 Å². The van der Waals surface area contributed by atoms with Crippen molar-refractivity contribution in [2.24, 2.45) is 0 Å². The van der Waals surface area contributed by atoms with Crippen LogP contribution in [-0.4, -0.2) is 74.5 Å². The Hall–Kier alpha value is -4.77. The van der Waals surface area contributed by atoms with Crippen molar-refractivity contribution in [2.75, 3.05) is 5.75 Å². The minimum absolute atomic E-state index is 0.0323. The molecule has 1 aromatic heterocycles. The van der Waals surface area contributed by atoms with Crippen molar-refractivity contribution in [3.05, 3.63) is 73.6 Å². The lowest BCUT2D eigenvalue weighted by Gasteiger charge is -2.50. The summed E-state index contributed by atoms with van der Waals surface area (Å²) < 4.78 is 10.3. The molecule has 15 nitrogen and oxygen atoms in total. The van der Waals surface area contributed by atoms with Crippen molar-refractivity contribution in [3.63, 3.8) is 0 Å². The van der Waals surface area contributed by atoms with E-state index in [9.17, 15) is 44.0 Å². The number of fused-ring (bicyclic) bond motifs is 1. The number of benzene rings is 1. The van der Waals surface area contributed by atoms with Crippen LogP contribution in [0.1, 0.15) is 24.0 Å². The first kappa shape index (κ1) is 30.2. The Labute approximate surface area is 245 Å². The summed E-state index contributed by atoms with van der Waals surface area (Å²) in [5.74, 6) is -6.39. The minimum atomic E-state index is -1.51. The number of amides is 3. The third-order valence-electron chi connectivity index (χ3n) is 6.22. The number of non-ortho nitro benzene ring substituents is 1. The molecule has 0 radical (unpaired) electrons. The van der Waals surface area contributed by atoms with Gasteiger partial charge in [-0.15, -0.1) is 11.8 Å². The molecule has 4 rings (SSSR count). The number of thioether (sulfide) groups is 1. The van der Waals surface area contributed by atoms with Gasteiger partial charge in [0.15, 0.2) is 5.92 Å². The SMILES string of the molecule is CC(=O)OC(NC=O)C1=C(C(=O)O)N2C(=O)[C@@H](NC(=O)C(C(=O)OCc3ccc([N+](=O)[O-])cc3)c3ccsc3)[C@H]2SC1. The minimum Gasteiger partial charge on any atom is -0.477 e. The second-order valence-corrected chi connectivity index (χ2v) is 10.8. The highest BCUT2D eigenvalue weighted by molar-refractivity contribution is 8.00. The number of nitro groups is 1. The molecule has 220 valence electrons. The van der Waals surface area contributed by atoms with Crippen LogP contribution in [0, 0.1) is 10.1 Å². The van der Waals surface area contributed by atoms with Crippen molar-refractivity contribution < 1.29 is 48.3 Å². The number of hydrogen-bond acceptors (Lipinski definition) is 12. The van der Waals surface area contributed by atoms with E-state index in [-0.39, 0.29) is 30.0 Å². The summed E-state index contributed by atoms with van der Waals surface area (Å²) in [6.07, 6.45) is -1.20. The van der Waals surface area contributed by atoms with E-state index in [0.717, 1.165) is 23.6 Å². The first-order valence-electron chi connectivity index (χ1n) is 12.0. The number of carboxylic acid groups (broad SMARTS) is 1. The molecule has 3 N–H and O–H groups in total. The van der Waals surface area contributed by atoms with Crippen LogP contribution < -0.4 is 10.6 Å². The lowest BCUT2D eigenvalue weighted by atomic mass is 9.98. The molecule has 0 saturated carbocycles. The summed E-state index contributed by atoms with van der Waals surface area (Å²) >= 11 is 2.29. The van der Waals surface area contributed by atoms with Crippen LogP contribution in [0.15, 0.2) is 52.4 Å². The number of hydrogen-bond donors (Lipinski definition) is 3. The number of aliphatic carboxylic acids is 1. The normalized spacial score (nSPS) is 19.0. The van der Waals surface area contributed by atoms with Gasteiger partial charge in [-0.1, -0.05) is 0 Å². The number of rotatable bonds is 12. The van der Waals surface area contributed by atoms with Gasteiger partial charge >= 0.3 is 17.9 Å². The average Bonchev–Trinajstić information content (AvgIpc) is 3.48. The molecule has 1 aromatic carbocycles. The number of esters is 2. The van der Waals surface area contributed by atoms with Crippen molar-refractivity contribution in [1.82, 2.24) is 15.5 Å². The molecule has 17 heteroatoms. The Bertz CT molecular complexity index is 1460. The first-order valence-corrected chi connectivity index (χ1v) is 14.0. The van der Waals surface area contributed by atoms with Crippen LogP contribution in [0.5, 0.6) is 0 Å². The Morgan fingerprint density at radius 2 is 1.95 bits per heavy atom. The topological polar surface area (TPSA) is 212 Å². The van der Waals surface area contributed by atoms with Gasteiger partial charge in [0.2, 0.25) is 18.5 Å². The van der Waals surface area contributed by atoms with Crippen molar-refractivity contribution in [1.29, 1.82) is 0 Å². The number of ether oxygens (including phenoxy) is 2. The zero-order chi connectivity index (χ0) is 30.6. The Balaban J connectivity index is 1.49. The lowest BCUT2D eigenvalue weighted by Crippen LogP contribution is -2.71. The van der Waals surface area contributed by atoms with Crippen LogP contribution >= 0.6 is 23.1 Å². The van der Waals surface area contributed by atoms with E-state index in [0.29, 0.717) is 11.1 Å². The predicted molar refractivity (Wildman–Crippen MR) is 144 cm³/mol. The summed E-state index contributed by atoms with van der Waals surface area (Å²) in [5.41, 5.74) is 0.0858. The number of nitrogens with one attached hydrogen (secondary N) is 2. The fraction of sp³-hybridized carbons (Fsp3) is 0.280. The summed E-state index contributed by atoms with van der Waals surface area (Å²) in [6.45, 7) is 0.799. The van der Waals surface area contributed by atoms with Crippen molar-refractivity contribution >= 4 is 64.9 Å². The maximum Gasteiger partial charge on any atom is 0.352 e. The van der Waals surface area contributed by atoms with E-state index >= 15 is 0 Å². The third kappa shape index (κ3) is 6.26. The highest BCUT2D eigenvalue weighted by Gasteiger charge is 2.55. The number of nitro benzene ring substituents is 1. The summed E-state index contributed by atoms with van der Waals surface area (Å²) in [6, 6.07) is 5.66. The molecule has 2 aliphatic rings. The highest BCUT2D eigenvalue weighted by atomic mass is 32.2. The molecule has 3 amide bonds. The highest BCUT2D eigenvalue weighted by Crippen LogP contribution is 2.41. The molecule has 4 atom stereocenters. The van der Waals surface area contributed by atoms with Gasteiger partial charge in [-0.05, 0) is 40.1 Å². The molecule has 2 unspecified atom stereocenters. The Morgan fingerprint density at radius 1 is 1.24 bits per heavy atom. The first-order chi connectivity index (χ1) is 20.0. The van der Waals surface area contributed by atoms with E-state index in [1.54, 1.807) is 16.8 Å². The standard InChI is InChI=1S/C25H22N4O11S2/c1-12(31)40-21(26-11-30)16-10-42-23-18(22(33)28(23)19(16)24(34)35)27-20(32)17(14-6-7-41-9-14)25(36)39-8-13-2-4-15(5-3-13)29(37)38/h2-7,9,11,17-18,21,23H,8,10H2,1H3,(H,26,30)(H,27,32)(H,34,35)/t17?,18-,21?,23-/m1/s1. The fourth-order valence-corrected chi connectivity index (χ4v) is 6.36. The zero-order valence-electron chi connectivity index (χ0n) is 21.6. The molecule has 3 heterocycles. The molecule has 0 aliphatic carbocycles. The van der Waals surface area contributed by atoms with Crippen LogP contribution in [0.2, 0.25) is 0 Å². The van der Waals surface area contributed by atoms with Gasteiger partial charge in [-0.25, -0.2) is 4.79 Å². The molecule has 42 heavy (non-hydrogen) atoms. The molecule has 1 saturated heterocycles. The molecular weight excluding hydrogens is 596 g/mol. The van der Waals surface area contributed by atoms with E-state index in [4.69, 9.17) is 9.47 Å². The number of nitrogens with zero attached hydrogens (tertiary/aromatic N) is 2. The molecule has 1 fully saturated rings. The Kier molecular flexibility index (Phi) is 9.21. The zero-order valence-corrected chi connectivity index (χ0v) is 23.2. The maximum absolute atomic E-state index is 13.3. The van der Waals surface area contributed by atoms with E-state index in [1.807, 2.05) is 0 Å². The number of carboxylic acids is 1.